The molecule has 0 unspecified atom stereocenters. The van der Waals surface area contributed by atoms with Gasteiger partial charge >= 0.3 is 23.9 Å². The third kappa shape index (κ3) is 8.19. The summed E-state index contributed by atoms with van der Waals surface area (Å²) in [5, 5.41) is 0. The zero-order valence-corrected chi connectivity index (χ0v) is 23.9. The number of esters is 4. The van der Waals surface area contributed by atoms with Crippen LogP contribution in [0.25, 0.3) is 0 Å². The number of hydrogen-bond donors (Lipinski definition) is 0. The Kier molecular flexibility index (Phi) is 11.7. The van der Waals surface area contributed by atoms with E-state index in [1.165, 1.54) is 28.4 Å². The average molecular weight is 553 g/mol. The van der Waals surface area contributed by atoms with Gasteiger partial charge in [0, 0.05) is 10.6 Å². The number of rotatable bonds is 7. The molecule has 0 aliphatic rings. The summed E-state index contributed by atoms with van der Waals surface area (Å²) in [6.45, 7) is 5.48. The van der Waals surface area contributed by atoms with E-state index in [9.17, 15) is 19.2 Å². The van der Waals surface area contributed by atoms with Gasteiger partial charge in [-0.25, -0.2) is 19.2 Å². The molecule has 3 rings (SSSR count). The summed E-state index contributed by atoms with van der Waals surface area (Å²) in [6, 6.07) is 16.8. The fourth-order valence-corrected chi connectivity index (χ4v) is 4.78. The van der Waals surface area contributed by atoms with Gasteiger partial charge in [-0.2, -0.15) is 0 Å². The Labute approximate surface area is 232 Å². The normalized spacial score (nSPS) is 10.0. The number of carbonyl (C=O) groups excluding carboxylic acids is 4. The SMILES string of the molecule is COC(=O)c1cc(C)cc(C)c1C(=O)OC.COC(=O)c1cc(C)cc(CSc2ccccc2)c1C(=O)OC. The van der Waals surface area contributed by atoms with E-state index in [1.54, 1.807) is 30.8 Å². The summed E-state index contributed by atoms with van der Waals surface area (Å²) in [5.74, 6) is -1.58. The molecular weight excluding hydrogens is 520 g/mol. The summed E-state index contributed by atoms with van der Waals surface area (Å²) in [4.78, 5) is 48.3. The minimum atomic E-state index is -0.542. The smallest absolute Gasteiger partial charge is 0.339 e. The lowest BCUT2D eigenvalue weighted by molar-refractivity contribution is 0.0554. The van der Waals surface area contributed by atoms with E-state index in [0.717, 1.165) is 21.6 Å². The molecule has 0 fully saturated rings. The summed E-state index contributed by atoms with van der Waals surface area (Å²) < 4.78 is 18.9. The second-order valence-electron chi connectivity index (χ2n) is 8.42. The fourth-order valence-electron chi connectivity index (χ4n) is 3.88. The Balaban J connectivity index is 0.000000293. The van der Waals surface area contributed by atoms with Crippen molar-refractivity contribution in [1.82, 2.24) is 0 Å². The monoisotopic (exact) mass is 552 g/mol. The number of carbonyl (C=O) groups is 4. The molecule has 0 aliphatic carbocycles. The maximum Gasteiger partial charge on any atom is 0.339 e. The Morgan fingerprint density at radius 1 is 0.615 bits per heavy atom. The van der Waals surface area contributed by atoms with Crippen LogP contribution in [0.1, 0.15) is 63.7 Å². The lowest BCUT2D eigenvalue weighted by Crippen LogP contribution is -2.15. The summed E-state index contributed by atoms with van der Waals surface area (Å²) in [7, 11) is 5.16. The van der Waals surface area contributed by atoms with Gasteiger partial charge in [0.05, 0.1) is 50.7 Å². The first-order valence-corrected chi connectivity index (χ1v) is 12.8. The first kappa shape index (κ1) is 31.1. The van der Waals surface area contributed by atoms with Crippen molar-refractivity contribution < 1.29 is 38.1 Å². The van der Waals surface area contributed by atoms with E-state index in [1.807, 2.05) is 56.3 Å². The minimum Gasteiger partial charge on any atom is -0.465 e. The molecule has 39 heavy (non-hydrogen) atoms. The number of hydrogen-bond acceptors (Lipinski definition) is 9. The van der Waals surface area contributed by atoms with Crippen LogP contribution in [0.2, 0.25) is 0 Å². The number of ether oxygens (including phenoxy) is 4. The molecule has 3 aromatic carbocycles. The van der Waals surface area contributed by atoms with Crippen LogP contribution in [-0.2, 0) is 24.7 Å². The van der Waals surface area contributed by atoms with E-state index in [0.29, 0.717) is 11.3 Å². The Morgan fingerprint density at radius 2 is 1.08 bits per heavy atom. The summed E-state index contributed by atoms with van der Waals surface area (Å²) >= 11 is 1.59. The van der Waals surface area contributed by atoms with Gasteiger partial charge in [-0.3, -0.25) is 0 Å². The molecule has 3 aromatic rings. The van der Waals surface area contributed by atoms with Crippen molar-refractivity contribution in [1.29, 1.82) is 0 Å². The zero-order chi connectivity index (χ0) is 29.1. The lowest BCUT2D eigenvalue weighted by atomic mass is 9.99. The van der Waals surface area contributed by atoms with E-state index < -0.39 is 23.9 Å². The second-order valence-corrected chi connectivity index (χ2v) is 9.47. The fraction of sp³-hybridized carbons (Fsp3) is 0.267. The van der Waals surface area contributed by atoms with Crippen molar-refractivity contribution in [3.8, 4) is 0 Å². The van der Waals surface area contributed by atoms with Crippen molar-refractivity contribution in [3.05, 3.63) is 99.1 Å². The van der Waals surface area contributed by atoms with Crippen molar-refractivity contribution in [2.45, 2.75) is 31.4 Å². The number of methoxy groups -OCH3 is 4. The summed E-state index contributed by atoms with van der Waals surface area (Å²) in [5.41, 5.74) is 4.26. The molecule has 9 heteroatoms. The molecule has 0 bridgehead atoms. The molecule has 0 atom stereocenters. The van der Waals surface area contributed by atoms with Gasteiger partial charge in [0.1, 0.15) is 0 Å². The Hall–Kier alpha value is -4.11. The molecular formula is C30H32O8S. The molecule has 0 spiro atoms. The van der Waals surface area contributed by atoms with Crippen LogP contribution in [0.15, 0.2) is 59.5 Å². The van der Waals surface area contributed by atoms with Gasteiger partial charge in [-0.05, 0) is 67.3 Å². The molecule has 0 N–H and O–H groups in total. The molecule has 0 amide bonds. The quantitative estimate of drug-likeness (QED) is 0.206. The van der Waals surface area contributed by atoms with Gasteiger partial charge in [0.2, 0.25) is 0 Å². The first-order chi connectivity index (χ1) is 18.6. The van der Waals surface area contributed by atoms with Crippen molar-refractivity contribution in [3.63, 3.8) is 0 Å². The molecule has 0 saturated carbocycles. The van der Waals surface area contributed by atoms with E-state index in [2.05, 4.69) is 9.47 Å². The Morgan fingerprint density at radius 3 is 1.59 bits per heavy atom. The number of benzene rings is 3. The number of aryl methyl sites for hydroxylation is 3. The van der Waals surface area contributed by atoms with Crippen LogP contribution in [0.4, 0.5) is 0 Å². The van der Waals surface area contributed by atoms with E-state index in [4.69, 9.17) is 9.47 Å². The third-order valence-electron chi connectivity index (χ3n) is 5.57. The molecule has 0 heterocycles. The molecule has 206 valence electrons. The highest BCUT2D eigenvalue weighted by Gasteiger charge is 2.23. The van der Waals surface area contributed by atoms with E-state index >= 15 is 0 Å². The highest BCUT2D eigenvalue weighted by atomic mass is 32.2. The topological polar surface area (TPSA) is 105 Å². The minimum absolute atomic E-state index is 0.239. The Bertz CT molecular complexity index is 1350. The first-order valence-electron chi connectivity index (χ1n) is 11.8. The predicted octanol–water partition coefficient (Wildman–Crippen LogP) is 5.74. The van der Waals surface area contributed by atoms with Crippen LogP contribution in [0.5, 0.6) is 0 Å². The van der Waals surface area contributed by atoms with E-state index in [-0.39, 0.29) is 22.3 Å². The average Bonchev–Trinajstić information content (AvgIpc) is 2.94. The van der Waals surface area contributed by atoms with Crippen molar-refractivity contribution in [2.24, 2.45) is 0 Å². The van der Waals surface area contributed by atoms with Crippen LogP contribution in [0.3, 0.4) is 0 Å². The zero-order valence-electron chi connectivity index (χ0n) is 23.1. The molecule has 8 nitrogen and oxygen atoms in total. The highest BCUT2D eigenvalue weighted by Crippen LogP contribution is 2.28. The van der Waals surface area contributed by atoms with Gasteiger partial charge in [-0.15, -0.1) is 11.8 Å². The maximum atomic E-state index is 12.2. The van der Waals surface area contributed by atoms with Crippen molar-refractivity contribution in [2.75, 3.05) is 28.4 Å². The molecule has 0 aromatic heterocycles. The lowest BCUT2D eigenvalue weighted by Gasteiger charge is -2.13. The highest BCUT2D eigenvalue weighted by molar-refractivity contribution is 7.98. The van der Waals surface area contributed by atoms with Gasteiger partial charge in [-0.1, -0.05) is 30.3 Å². The van der Waals surface area contributed by atoms with Crippen LogP contribution >= 0.6 is 11.8 Å². The molecule has 0 saturated heterocycles. The van der Waals surface area contributed by atoms with Crippen molar-refractivity contribution >= 4 is 35.6 Å². The summed E-state index contributed by atoms with van der Waals surface area (Å²) in [6.07, 6.45) is 0. The van der Waals surface area contributed by atoms with Gasteiger partial charge in [0.25, 0.3) is 0 Å². The maximum absolute atomic E-state index is 12.2. The van der Waals surface area contributed by atoms with Crippen LogP contribution in [-0.4, -0.2) is 52.3 Å². The van der Waals surface area contributed by atoms with Crippen LogP contribution < -0.4 is 0 Å². The predicted molar refractivity (Wildman–Crippen MR) is 148 cm³/mol. The second kappa shape index (κ2) is 14.7. The molecule has 0 radical (unpaired) electrons. The molecule has 0 aliphatic heterocycles. The number of thioether (sulfide) groups is 1. The third-order valence-corrected chi connectivity index (χ3v) is 6.63. The van der Waals surface area contributed by atoms with Gasteiger partial charge < -0.3 is 18.9 Å². The van der Waals surface area contributed by atoms with Gasteiger partial charge in [0.15, 0.2) is 0 Å². The standard InChI is InChI=1S/C18H18O4S.C12H14O4/c1-12-9-13(11-23-14-7-5-4-6-8-14)16(18(20)22-3)15(10-12)17(19)21-2;1-7-5-8(2)10(12(14)16-4)9(6-7)11(13)15-3/h4-10H,11H2,1-3H3;5-6H,1-4H3. The van der Waals surface area contributed by atoms with Crippen LogP contribution in [0, 0.1) is 20.8 Å². The largest absolute Gasteiger partial charge is 0.465 e.